The van der Waals surface area contributed by atoms with E-state index in [1.54, 1.807) is 7.11 Å². The van der Waals surface area contributed by atoms with Crippen molar-refractivity contribution in [2.75, 3.05) is 25.6 Å². The quantitative estimate of drug-likeness (QED) is 0.625. The molecule has 0 bridgehead atoms. The highest BCUT2D eigenvalue weighted by Crippen LogP contribution is 2.16. The third-order valence-corrected chi connectivity index (χ3v) is 2.60. The van der Waals surface area contributed by atoms with Gasteiger partial charge in [0.05, 0.1) is 6.54 Å². The Hall–Kier alpha value is -1.83. The first kappa shape index (κ1) is 15.2. The van der Waals surface area contributed by atoms with Gasteiger partial charge in [-0.2, -0.15) is 0 Å². The van der Waals surface area contributed by atoms with Gasteiger partial charge in [-0.05, 0) is 31.0 Å². The summed E-state index contributed by atoms with van der Waals surface area (Å²) >= 11 is 0. The van der Waals surface area contributed by atoms with Gasteiger partial charge in [0.2, 0.25) is 5.91 Å². The van der Waals surface area contributed by atoms with E-state index in [1.165, 1.54) is 0 Å². The molecule has 0 spiro atoms. The Morgan fingerprint density at radius 3 is 2.95 bits per heavy atom. The summed E-state index contributed by atoms with van der Waals surface area (Å²) in [5.41, 5.74) is 8.00. The van der Waals surface area contributed by atoms with E-state index in [4.69, 9.17) is 10.5 Å². The molecule has 0 aliphatic carbocycles. The molecule has 0 heterocycles. The van der Waals surface area contributed by atoms with E-state index in [2.05, 4.69) is 17.2 Å². The third-order valence-electron chi connectivity index (χ3n) is 2.60. The summed E-state index contributed by atoms with van der Waals surface area (Å²) in [6, 6.07) is 5.72. The summed E-state index contributed by atoms with van der Waals surface area (Å²) in [5, 5.41) is 2.89. The van der Waals surface area contributed by atoms with Gasteiger partial charge in [-0.25, -0.2) is 0 Å². The summed E-state index contributed by atoms with van der Waals surface area (Å²) in [5.74, 6) is 5.74. The van der Waals surface area contributed by atoms with E-state index in [-0.39, 0.29) is 5.91 Å². The second kappa shape index (κ2) is 8.30. The Balaban J connectivity index is 2.68. The van der Waals surface area contributed by atoms with Crippen molar-refractivity contribution in [1.82, 2.24) is 0 Å². The lowest BCUT2D eigenvalue weighted by Gasteiger charge is -2.08. The molecule has 0 radical (unpaired) electrons. The lowest BCUT2D eigenvalue weighted by atomic mass is 10.1. The highest BCUT2D eigenvalue weighted by atomic mass is 16.5. The summed E-state index contributed by atoms with van der Waals surface area (Å²) < 4.78 is 4.92. The molecule has 1 rings (SSSR count). The SMILES string of the molecule is COCCCC(=O)Nc1cc(C#CCN)ccc1C. The monoisotopic (exact) mass is 260 g/mol. The number of nitrogens with two attached hydrogens (primary N) is 1. The van der Waals surface area contributed by atoms with Crippen molar-refractivity contribution < 1.29 is 9.53 Å². The Kier molecular flexibility index (Phi) is 6.65. The molecule has 4 heteroatoms. The second-order valence-corrected chi connectivity index (χ2v) is 4.18. The predicted molar refractivity (Wildman–Crippen MR) is 76.9 cm³/mol. The standard InChI is InChI=1S/C15H20N2O2/c1-12-7-8-13(5-3-9-16)11-14(12)17-15(18)6-4-10-19-2/h7-8,11H,4,6,9-10,16H2,1-2H3,(H,17,18). The minimum Gasteiger partial charge on any atom is -0.385 e. The van der Waals surface area contributed by atoms with E-state index >= 15 is 0 Å². The van der Waals surface area contributed by atoms with Crippen LogP contribution in [0.2, 0.25) is 0 Å². The minimum absolute atomic E-state index is 0.0101. The first-order valence-corrected chi connectivity index (χ1v) is 6.25. The van der Waals surface area contributed by atoms with Gasteiger partial charge in [-0.3, -0.25) is 4.79 Å². The number of carbonyl (C=O) groups excluding carboxylic acids is 1. The number of nitrogens with one attached hydrogen (secondary N) is 1. The highest BCUT2D eigenvalue weighted by molar-refractivity contribution is 5.91. The van der Waals surface area contributed by atoms with Crippen LogP contribution in [-0.4, -0.2) is 26.2 Å². The molecule has 0 fully saturated rings. The van der Waals surface area contributed by atoms with Gasteiger partial charge in [0.15, 0.2) is 0 Å². The Bertz CT molecular complexity index is 487. The molecule has 0 aliphatic heterocycles. The van der Waals surface area contributed by atoms with Crippen LogP contribution in [0.5, 0.6) is 0 Å². The van der Waals surface area contributed by atoms with Crippen LogP contribution >= 0.6 is 0 Å². The lowest BCUT2D eigenvalue weighted by Crippen LogP contribution is -2.13. The molecule has 0 unspecified atom stereocenters. The maximum absolute atomic E-state index is 11.7. The molecule has 19 heavy (non-hydrogen) atoms. The maximum atomic E-state index is 11.7. The zero-order valence-corrected chi connectivity index (χ0v) is 11.5. The number of amides is 1. The van der Waals surface area contributed by atoms with Crippen LogP contribution < -0.4 is 11.1 Å². The summed E-state index contributed by atoms with van der Waals surface area (Å²) in [6.07, 6.45) is 1.17. The normalized spacial score (nSPS) is 9.63. The Labute approximate surface area is 114 Å². The van der Waals surface area contributed by atoms with Gasteiger partial charge in [-0.15, -0.1) is 0 Å². The predicted octanol–water partition coefficient (Wildman–Crippen LogP) is 1.67. The number of hydrogen-bond acceptors (Lipinski definition) is 3. The molecule has 102 valence electrons. The molecule has 0 saturated heterocycles. The molecule has 3 N–H and O–H groups in total. The van der Waals surface area contributed by atoms with E-state index in [0.29, 0.717) is 26.0 Å². The van der Waals surface area contributed by atoms with Crippen LogP contribution in [0, 0.1) is 18.8 Å². The largest absolute Gasteiger partial charge is 0.385 e. The number of aryl methyl sites for hydroxylation is 1. The van der Waals surface area contributed by atoms with Crippen molar-refractivity contribution in [3.63, 3.8) is 0 Å². The zero-order valence-electron chi connectivity index (χ0n) is 11.5. The van der Waals surface area contributed by atoms with Crippen molar-refractivity contribution in [3.05, 3.63) is 29.3 Å². The number of benzene rings is 1. The number of methoxy groups -OCH3 is 1. The fourth-order valence-corrected chi connectivity index (χ4v) is 1.58. The second-order valence-electron chi connectivity index (χ2n) is 4.18. The summed E-state index contributed by atoms with van der Waals surface area (Å²) in [4.78, 5) is 11.7. The minimum atomic E-state index is -0.0101. The van der Waals surface area contributed by atoms with Gasteiger partial charge in [0, 0.05) is 31.4 Å². The topological polar surface area (TPSA) is 64.3 Å². The van der Waals surface area contributed by atoms with Gasteiger partial charge < -0.3 is 15.8 Å². The van der Waals surface area contributed by atoms with E-state index in [0.717, 1.165) is 16.8 Å². The van der Waals surface area contributed by atoms with Crippen LogP contribution in [0.4, 0.5) is 5.69 Å². The first-order chi connectivity index (χ1) is 9.17. The molecule has 0 aromatic heterocycles. The smallest absolute Gasteiger partial charge is 0.224 e. The van der Waals surface area contributed by atoms with Crippen molar-refractivity contribution in [3.8, 4) is 11.8 Å². The maximum Gasteiger partial charge on any atom is 0.224 e. The van der Waals surface area contributed by atoms with Crippen molar-refractivity contribution in [1.29, 1.82) is 0 Å². The van der Waals surface area contributed by atoms with Crippen LogP contribution in [0.3, 0.4) is 0 Å². The van der Waals surface area contributed by atoms with Crippen LogP contribution in [-0.2, 0) is 9.53 Å². The third kappa shape index (κ3) is 5.56. The number of anilines is 1. The van der Waals surface area contributed by atoms with Crippen molar-refractivity contribution >= 4 is 11.6 Å². The lowest BCUT2D eigenvalue weighted by molar-refractivity contribution is -0.116. The summed E-state index contributed by atoms with van der Waals surface area (Å²) in [7, 11) is 1.63. The molecule has 1 aromatic carbocycles. The highest BCUT2D eigenvalue weighted by Gasteiger charge is 2.05. The van der Waals surface area contributed by atoms with E-state index in [9.17, 15) is 4.79 Å². The van der Waals surface area contributed by atoms with Crippen molar-refractivity contribution in [2.45, 2.75) is 19.8 Å². The molecule has 4 nitrogen and oxygen atoms in total. The van der Waals surface area contributed by atoms with E-state index < -0.39 is 0 Å². The molecule has 1 amide bonds. The summed E-state index contributed by atoms with van der Waals surface area (Å²) in [6.45, 7) is 2.87. The van der Waals surface area contributed by atoms with Crippen molar-refractivity contribution in [2.24, 2.45) is 5.73 Å². The number of hydrogen-bond donors (Lipinski definition) is 2. The number of carbonyl (C=O) groups is 1. The van der Waals surface area contributed by atoms with E-state index in [1.807, 2.05) is 25.1 Å². The van der Waals surface area contributed by atoms with Gasteiger partial charge >= 0.3 is 0 Å². The molecule has 0 aliphatic rings. The van der Waals surface area contributed by atoms with Gasteiger partial charge in [0.25, 0.3) is 0 Å². The first-order valence-electron chi connectivity index (χ1n) is 6.25. The average Bonchev–Trinajstić information content (AvgIpc) is 2.40. The van der Waals surface area contributed by atoms with Crippen LogP contribution in [0.15, 0.2) is 18.2 Å². The molecule has 0 saturated carbocycles. The number of rotatable bonds is 5. The zero-order chi connectivity index (χ0) is 14.1. The van der Waals surface area contributed by atoms with Crippen LogP contribution in [0.25, 0.3) is 0 Å². The number of ether oxygens (including phenoxy) is 1. The Morgan fingerprint density at radius 1 is 1.47 bits per heavy atom. The molecule has 0 atom stereocenters. The fourth-order valence-electron chi connectivity index (χ4n) is 1.58. The molecular weight excluding hydrogens is 240 g/mol. The molecule has 1 aromatic rings. The average molecular weight is 260 g/mol. The fraction of sp³-hybridized carbons (Fsp3) is 0.400. The van der Waals surface area contributed by atoms with Gasteiger partial charge in [-0.1, -0.05) is 17.9 Å². The van der Waals surface area contributed by atoms with Gasteiger partial charge in [0.1, 0.15) is 0 Å². The van der Waals surface area contributed by atoms with Crippen LogP contribution in [0.1, 0.15) is 24.0 Å². The molecular formula is C15H20N2O2. The Morgan fingerprint density at radius 2 is 2.26 bits per heavy atom.